The molecule has 2 aliphatic rings. The van der Waals surface area contributed by atoms with E-state index in [1.54, 1.807) is 0 Å². The van der Waals surface area contributed by atoms with Gasteiger partial charge in [0.1, 0.15) is 0 Å². The van der Waals surface area contributed by atoms with Crippen LogP contribution in [0.3, 0.4) is 0 Å². The Morgan fingerprint density at radius 2 is 1.91 bits per heavy atom. The number of fused-ring (bicyclic) bond motifs is 1. The van der Waals surface area contributed by atoms with Gasteiger partial charge in [0.15, 0.2) is 0 Å². The fourth-order valence-corrected chi connectivity index (χ4v) is 3.45. The Bertz CT molecular complexity index is 731. The minimum Gasteiger partial charge on any atom is -0.396 e. The number of benzene rings is 1. The van der Waals surface area contributed by atoms with Crippen LogP contribution in [-0.2, 0) is 0 Å². The fourth-order valence-electron chi connectivity index (χ4n) is 3.45. The lowest BCUT2D eigenvalue weighted by molar-refractivity contribution is 0.0652. The highest BCUT2D eigenvalue weighted by Gasteiger charge is 2.29. The van der Waals surface area contributed by atoms with Crippen molar-refractivity contribution < 1.29 is 9.90 Å². The molecular weight excluding hydrogens is 288 g/mol. The second kappa shape index (κ2) is 5.93. The summed E-state index contributed by atoms with van der Waals surface area (Å²) in [7, 11) is 0. The van der Waals surface area contributed by atoms with Crippen LogP contribution in [0, 0.1) is 5.92 Å². The molecule has 0 bridgehead atoms. The quantitative estimate of drug-likeness (QED) is 0.948. The van der Waals surface area contributed by atoms with Crippen molar-refractivity contribution in [3.63, 3.8) is 0 Å². The van der Waals surface area contributed by atoms with Gasteiger partial charge in [-0.05, 0) is 43.7 Å². The van der Waals surface area contributed by atoms with E-state index >= 15 is 0 Å². The predicted octanol–water partition coefficient (Wildman–Crippen LogP) is 2.96. The maximum absolute atomic E-state index is 13.0. The molecule has 0 radical (unpaired) electrons. The van der Waals surface area contributed by atoms with Gasteiger partial charge in [0, 0.05) is 36.7 Å². The minimum absolute atomic E-state index is 0.113. The van der Waals surface area contributed by atoms with Crippen LogP contribution < -0.4 is 0 Å². The summed E-state index contributed by atoms with van der Waals surface area (Å²) < 4.78 is 0. The number of aromatic nitrogens is 1. The molecule has 1 amide bonds. The maximum Gasteiger partial charge on any atom is 0.254 e. The molecule has 2 fully saturated rings. The molecule has 1 saturated carbocycles. The molecule has 0 atom stereocenters. The summed E-state index contributed by atoms with van der Waals surface area (Å²) in [6.07, 6.45) is 4.14. The zero-order chi connectivity index (χ0) is 15.8. The van der Waals surface area contributed by atoms with E-state index in [9.17, 15) is 9.90 Å². The molecule has 120 valence electrons. The number of hydrogen-bond acceptors (Lipinski definition) is 3. The van der Waals surface area contributed by atoms with Gasteiger partial charge in [-0.1, -0.05) is 18.2 Å². The summed E-state index contributed by atoms with van der Waals surface area (Å²) in [4.78, 5) is 19.7. The number of amides is 1. The van der Waals surface area contributed by atoms with E-state index in [1.165, 1.54) is 12.8 Å². The van der Waals surface area contributed by atoms with Gasteiger partial charge in [-0.2, -0.15) is 0 Å². The normalized spacial score (nSPS) is 19.3. The molecule has 2 heterocycles. The third kappa shape index (κ3) is 2.83. The number of aliphatic hydroxyl groups excluding tert-OH is 1. The molecule has 4 nitrogen and oxygen atoms in total. The number of hydrogen-bond donors (Lipinski definition) is 1. The van der Waals surface area contributed by atoms with Crippen molar-refractivity contribution in [1.82, 2.24) is 9.88 Å². The summed E-state index contributed by atoms with van der Waals surface area (Å²) in [5.74, 6) is 0.989. The molecule has 1 N–H and O–H groups in total. The van der Waals surface area contributed by atoms with Crippen LogP contribution in [0.5, 0.6) is 0 Å². The number of likely N-dealkylation sites (tertiary alicyclic amines) is 1. The lowest BCUT2D eigenvalue weighted by Crippen LogP contribution is -2.39. The molecule has 1 aromatic heterocycles. The molecule has 0 unspecified atom stereocenters. The Labute approximate surface area is 136 Å². The zero-order valence-electron chi connectivity index (χ0n) is 13.2. The van der Waals surface area contributed by atoms with Crippen LogP contribution in [0.25, 0.3) is 10.9 Å². The summed E-state index contributed by atoms with van der Waals surface area (Å²) in [6.45, 7) is 1.70. The van der Waals surface area contributed by atoms with Crippen LogP contribution in [0.15, 0.2) is 30.3 Å². The van der Waals surface area contributed by atoms with Crippen molar-refractivity contribution in [2.75, 3.05) is 19.7 Å². The van der Waals surface area contributed by atoms with E-state index in [1.807, 2.05) is 35.2 Å². The van der Waals surface area contributed by atoms with Gasteiger partial charge in [0.05, 0.1) is 11.1 Å². The molecule has 1 saturated heterocycles. The predicted molar refractivity (Wildman–Crippen MR) is 89.4 cm³/mol. The van der Waals surface area contributed by atoms with Gasteiger partial charge in [-0.15, -0.1) is 0 Å². The SMILES string of the molecule is O=C(c1cc(C2CC2)nc2ccccc12)N1CCC(CO)CC1. The third-order valence-corrected chi connectivity index (χ3v) is 5.12. The van der Waals surface area contributed by atoms with Crippen molar-refractivity contribution in [3.05, 3.63) is 41.6 Å². The van der Waals surface area contributed by atoms with Gasteiger partial charge >= 0.3 is 0 Å². The summed E-state index contributed by atoms with van der Waals surface area (Å²) in [5.41, 5.74) is 2.78. The minimum atomic E-state index is 0.113. The van der Waals surface area contributed by atoms with E-state index in [2.05, 4.69) is 0 Å². The number of para-hydroxylation sites is 1. The number of pyridine rings is 1. The monoisotopic (exact) mass is 310 g/mol. The number of carbonyl (C=O) groups excluding carboxylic acids is 1. The molecule has 0 spiro atoms. The van der Waals surface area contributed by atoms with E-state index in [4.69, 9.17) is 4.98 Å². The number of rotatable bonds is 3. The highest BCUT2D eigenvalue weighted by Crippen LogP contribution is 2.40. The maximum atomic E-state index is 13.0. The van der Waals surface area contributed by atoms with Crippen LogP contribution in [0.4, 0.5) is 0 Å². The number of piperidine rings is 1. The molecular formula is C19H22N2O2. The highest BCUT2D eigenvalue weighted by atomic mass is 16.3. The first-order chi connectivity index (χ1) is 11.3. The fraction of sp³-hybridized carbons (Fsp3) is 0.474. The zero-order valence-corrected chi connectivity index (χ0v) is 13.2. The molecule has 4 heteroatoms. The van der Waals surface area contributed by atoms with E-state index in [0.29, 0.717) is 11.8 Å². The lowest BCUT2D eigenvalue weighted by atomic mass is 9.96. The Morgan fingerprint density at radius 1 is 1.17 bits per heavy atom. The standard InChI is InChI=1S/C19H22N2O2/c22-12-13-7-9-21(10-8-13)19(23)16-11-18(14-5-6-14)20-17-4-2-1-3-15(16)17/h1-4,11,13-14,22H,5-10,12H2. The largest absolute Gasteiger partial charge is 0.396 e. The van der Waals surface area contributed by atoms with Crippen molar-refractivity contribution in [2.45, 2.75) is 31.6 Å². The second-order valence-corrected chi connectivity index (χ2v) is 6.80. The number of nitrogens with zero attached hydrogens (tertiary/aromatic N) is 2. The van der Waals surface area contributed by atoms with Crippen LogP contribution in [0.2, 0.25) is 0 Å². The molecule has 1 aliphatic carbocycles. The van der Waals surface area contributed by atoms with E-state index in [0.717, 1.165) is 48.1 Å². The molecule has 2 aromatic rings. The van der Waals surface area contributed by atoms with Gasteiger partial charge in [0.25, 0.3) is 5.91 Å². The molecule has 1 aliphatic heterocycles. The second-order valence-electron chi connectivity index (χ2n) is 6.80. The Hall–Kier alpha value is -1.94. The summed E-state index contributed by atoms with van der Waals surface area (Å²) >= 11 is 0. The smallest absolute Gasteiger partial charge is 0.254 e. The first-order valence-corrected chi connectivity index (χ1v) is 8.56. The molecule has 1 aromatic carbocycles. The first kappa shape index (κ1) is 14.6. The average Bonchev–Trinajstić information content (AvgIpc) is 3.45. The Kier molecular flexibility index (Phi) is 3.77. The average molecular weight is 310 g/mol. The number of aliphatic hydroxyl groups is 1. The summed E-state index contributed by atoms with van der Waals surface area (Å²) in [5, 5.41) is 10.2. The van der Waals surface area contributed by atoms with Gasteiger partial charge in [0.2, 0.25) is 0 Å². The topological polar surface area (TPSA) is 53.4 Å². The first-order valence-electron chi connectivity index (χ1n) is 8.56. The Balaban J connectivity index is 1.68. The van der Waals surface area contributed by atoms with Gasteiger partial charge in [-0.3, -0.25) is 9.78 Å². The van der Waals surface area contributed by atoms with Crippen LogP contribution in [-0.4, -0.2) is 40.6 Å². The highest BCUT2D eigenvalue weighted by molar-refractivity contribution is 6.06. The van der Waals surface area contributed by atoms with Crippen molar-refractivity contribution in [1.29, 1.82) is 0 Å². The van der Waals surface area contributed by atoms with Crippen LogP contribution >= 0.6 is 0 Å². The van der Waals surface area contributed by atoms with Crippen molar-refractivity contribution in [3.8, 4) is 0 Å². The van der Waals surface area contributed by atoms with Crippen LogP contribution in [0.1, 0.15) is 47.7 Å². The molecule has 23 heavy (non-hydrogen) atoms. The third-order valence-electron chi connectivity index (χ3n) is 5.12. The van der Waals surface area contributed by atoms with E-state index < -0.39 is 0 Å². The van der Waals surface area contributed by atoms with Crippen molar-refractivity contribution >= 4 is 16.8 Å². The number of carbonyl (C=O) groups is 1. The van der Waals surface area contributed by atoms with Gasteiger partial charge in [-0.25, -0.2) is 0 Å². The molecule has 4 rings (SSSR count). The Morgan fingerprint density at radius 3 is 2.61 bits per heavy atom. The van der Waals surface area contributed by atoms with Crippen molar-refractivity contribution in [2.24, 2.45) is 5.92 Å². The lowest BCUT2D eigenvalue weighted by Gasteiger charge is -2.31. The van der Waals surface area contributed by atoms with E-state index in [-0.39, 0.29) is 12.5 Å². The summed E-state index contributed by atoms with van der Waals surface area (Å²) in [6, 6.07) is 9.95. The van der Waals surface area contributed by atoms with Gasteiger partial charge < -0.3 is 10.0 Å².